The molecule has 1 rings (SSSR count). The van der Waals surface area contributed by atoms with Crippen LogP contribution in [-0.2, 0) is 0 Å². The van der Waals surface area contributed by atoms with Crippen LogP contribution in [0, 0.1) is 0 Å². The Hall–Kier alpha value is -0.410. The first-order valence-corrected chi connectivity index (χ1v) is 5.40. The Bertz CT molecular complexity index is 246. The van der Waals surface area contributed by atoms with Gasteiger partial charge in [-0.15, -0.1) is 0 Å². The van der Waals surface area contributed by atoms with Crippen molar-refractivity contribution in [1.29, 1.82) is 0 Å². The summed E-state index contributed by atoms with van der Waals surface area (Å²) in [6.45, 7) is 2.17. The van der Waals surface area contributed by atoms with Crippen molar-refractivity contribution >= 4 is 15.9 Å². The zero-order valence-electron chi connectivity index (χ0n) is 7.83. The van der Waals surface area contributed by atoms with Crippen LogP contribution < -0.4 is 5.73 Å². The molecule has 0 aromatic carbocycles. The van der Waals surface area contributed by atoms with Gasteiger partial charge in [-0.25, -0.2) is 0 Å². The molecule has 2 N–H and O–H groups in total. The van der Waals surface area contributed by atoms with Gasteiger partial charge in [0, 0.05) is 16.7 Å². The number of nitrogens with zero attached hydrogens (tertiary/aromatic N) is 1. The number of hydrogen-bond acceptors (Lipinski definition) is 2. The molecule has 3 heteroatoms. The average molecular weight is 243 g/mol. The molecule has 0 spiro atoms. The highest BCUT2D eigenvalue weighted by Gasteiger charge is 2.05. The summed E-state index contributed by atoms with van der Waals surface area (Å²) >= 11 is 3.34. The molecule has 0 fully saturated rings. The van der Waals surface area contributed by atoms with E-state index in [1.54, 1.807) is 6.20 Å². The molecule has 0 aliphatic heterocycles. The summed E-state index contributed by atoms with van der Waals surface area (Å²) in [6, 6.07) is 4.05. The van der Waals surface area contributed by atoms with Gasteiger partial charge in [0.05, 0.1) is 5.69 Å². The van der Waals surface area contributed by atoms with Gasteiger partial charge in [-0.05, 0) is 34.5 Å². The van der Waals surface area contributed by atoms with Crippen molar-refractivity contribution < 1.29 is 0 Å². The van der Waals surface area contributed by atoms with Crippen LogP contribution >= 0.6 is 15.9 Å². The standard InChI is InChI=1S/C10H15BrN2/c1-2-3-4-9(12)10-6-5-8(11)7-13-10/h5-7,9H,2-4,12H2,1H3/t9-/m0/s1. The molecule has 0 unspecified atom stereocenters. The van der Waals surface area contributed by atoms with Crippen LogP contribution in [0.5, 0.6) is 0 Å². The maximum absolute atomic E-state index is 5.95. The van der Waals surface area contributed by atoms with Crippen LogP contribution in [-0.4, -0.2) is 4.98 Å². The average Bonchev–Trinajstić information content (AvgIpc) is 2.15. The SMILES string of the molecule is CCCC[C@H](N)c1ccc(Br)cn1. The summed E-state index contributed by atoms with van der Waals surface area (Å²) in [7, 11) is 0. The molecule has 1 aromatic rings. The monoisotopic (exact) mass is 242 g/mol. The summed E-state index contributed by atoms with van der Waals surface area (Å²) < 4.78 is 0.999. The highest BCUT2D eigenvalue weighted by atomic mass is 79.9. The van der Waals surface area contributed by atoms with E-state index in [0.29, 0.717) is 0 Å². The second kappa shape index (κ2) is 5.35. The smallest absolute Gasteiger partial charge is 0.0571 e. The minimum Gasteiger partial charge on any atom is -0.323 e. The van der Waals surface area contributed by atoms with Crippen molar-refractivity contribution in [2.75, 3.05) is 0 Å². The van der Waals surface area contributed by atoms with Gasteiger partial charge < -0.3 is 5.73 Å². The van der Waals surface area contributed by atoms with Gasteiger partial charge in [-0.2, -0.15) is 0 Å². The van der Waals surface area contributed by atoms with Crippen LogP contribution in [0.2, 0.25) is 0 Å². The normalized spacial score (nSPS) is 12.8. The molecule has 0 amide bonds. The molecule has 1 heterocycles. The Morgan fingerprint density at radius 3 is 2.85 bits per heavy atom. The van der Waals surface area contributed by atoms with Crippen LogP contribution in [0.3, 0.4) is 0 Å². The molecule has 13 heavy (non-hydrogen) atoms. The zero-order valence-corrected chi connectivity index (χ0v) is 9.42. The van der Waals surface area contributed by atoms with E-state index in [-0.39, 0.29) is 6.04 Å². The second-order valence-corrected chi connectivity index (χ2v) is 4.07. The first-order valence-electron chi connectivity index (χ1n) is 4.61. The van der Waals surface area contributed by atoms with Gasteiger partial charge in [-0.3, -0.25) is 4.98 Å². The minimum atomic E-state index is 0.0908. The van der Waals surface area contributed by atoms with Gasteiger partial charge in [0.15, 0.2) is 0 Å². The van der Waals surface area contributed by atoms with Crippen molar-refractivity contribution in [3.8, 4) is 0 Å². The molecule has 1 atom stereocenters. The van der Waals surface area contributed by atoms with Crippen molar-refractivity contribution in [3.05, 3.63) is 28.5 Å². The van der Waals surface area contributed by atoms with E-state index in [1.807, 2.05) is 12.1 Å². The maximum atomic E-state index is 5.95. The van der Waals surface area contributed by atoms with Gasteiger partial charge in [0.1, 0.15) is 0 Å². The number of halogens is 1. The number of nitrogens with two attached hydrogens (primary N) is 1. The van der Waals surface area contributed by atoms with Crippen molar-refractivity contribution in [2.24, 2.45) is 5.73 Å². The molecule has 0 saturated heterocycles. The Morgan fingerprint density at radius 2 is 2.31 bits per heavy atom. The molecule has 0 radical (unpaired) electrons. The molecule has 0 aliphatic carbocycles. The molecule has 72 valence electrons. The topological polar surface area (TPSA) is 38.9 Å². The fourth-order valence-electron chi connectivity index (χ4n) is 1.18. The van der Waals surface area contributed by atoms with Crippen molar-refractivity contribution in [3.63, 3.8) is 0 Å². The summed E-state index contributed by atoms with van der Waals surface area (Å²) in [5, 5.41) is 0. The molecule has 0 aliphatic rings. The maximum Gasteiger partial charge on any atom is 0.0571 e. The molecule has 0 saturated carbocycles. The Kier molecular flexibility index (Phi) is 4.39. The quantitative estimate of drug-likeness (QED) is 0.882. The van der Waals surface area contributed by atoms with Crippen LogP contribution in [0.25, 0.3) is 0 Å². The van der Waals surface area contributed by atoms with E-state index >= 15 is 0 Å². The third-order valence-corrected chi connectivity index (χ3v) is 2.47. The number of aromatic nitrogens is 1. The van der Waals surface area contributed by atoms with E-state index < -0.39 is 0 Å². The Morgan fingerprint density at radius 1 is 1.54 bits per heavy atom. The van der Waals surface area contributed by atoms with Gasteiger partial charge in [0.2, 0.25) is 0 Å². The predicted molar refractivity (Wildman–Crippen MR) is 58.4 cm³/mol. The van der Waals surface area contributed by atoms with Crippen molar-refractivity contribution in [2.45, 2.75) is 32.2 Å². The van der Waals surface area contributed by atoms with E-state index in [4.69, 9.17) is 5.73 Å². The van der Waals surface area contributed by atoms with E-state index in [0.717, 1.165) is 16.6 Å². The second-order valence-electron chi connectivity index (χ2n) is 3.15. The molecular formula is C10H15BrN2. The summed E-state index contributed by atoms with van der Waals surface area (Å²) in [4.78, 5) is 4.26. The lowest BCUT2D eigenvalue weighted by Gasteiger charge is -2.09. The van der Waals surface area contributed by atoms with Gasteiger partial charge >= 0.3 is 0 Å². The van der Waals surface area contributed by atoms with Crippen LogP contribution in [0.4, 0.5) is 0 Å². The Labute approximate surface area is 87.7 Å². The lowest BCUT2D eigenvalue weighted by atomic mass is 10.1. The lowest BCUT2D eigenvalue weighted by molar-refractivity contribution is 0.590. The molecule has 1 aromatic heterocycles. The molecule has 0 bridgehead atoms. The predicted octanol–water partition coefficient (Wildman–Crippen LogP) is 3.03. The van der Waals surface area contributed by atoms with E-state index in [9.17, 15) is 0 Å². The number of hydrogen-bond donors (Lipinski definition) is 1. The fraction of sp³-hybridized carbons (Fsp3) is 0.500. The fourth-order valence-corrected chi connectivity index (χ4v) is 1.41. The Balaban J connectivity index is 2.55. The van der Waals surface area contributed by atoms with E-state index in [2.05, 4.69) is 27.8 Å². The highest BCUT2D eigenvalue weighted by molar-refractivity contribution is 9.10. The summed E-state index contributed by atoms with van der Waals surface area (Å²) in [6.07, 6.45) is 5.16. The lowest BCUT2D eigenvalue weighted by Crippen LogP contribution is -2.11. The highest BCUT2D eigenvalue weighted by Crippen LogP contribution is 2.16. The van der Waals surface area contributed by atoms with Gasteiger partial charge in [-0.1, -0.05) is 19.8 Å². The van der Waals surface area contributed by atoms with Gasteiger partial charge in [0.25, 0.3) is 0 Å². The first kappa shape index (κ1) is 10.7. The van der Waals surface area contributed by atoms with Crippen molar-refractivity contribution in [1.82, 2.24) is 4.98 Å². The third kappa shape index (κ3) is 3.44. The number of unbranched alkanes of at least 4 members (excludes halogenated alkanes) is 1. The zero-order chi connectivity index (χ0) is 9.68. The first-order chi connectivity index (χ1) is 6.24. The van der Waals surface area contributed by atoms with E-state index in [1.165, 1.54) is 12.8 Å². The summed E-state index contributed by atoms with van der Waals surface area (Å²) in [5.74, 6) is 0. The number of pyridine rings is 1. The third-order valence-electron chi connectivity index (χ3n) is 2.00. The van der Waals surface area contributed by atoms with Crippen LogP contribution in [0.1, 0.15) is 37.9 Å². The number of rotatable bonds is 4. The minimum absolute atomic E-state index is 0.0908. The van der Waals surface area contributed by atoms with Crippen LogP contribution in [0.15, 0.2) is 22.8 Å². The largest absolute Gasteiger partial charge is 0.323 e. The molecule has 2 nitrogen and oxygen atoms in total. The summed E-state index contributed by atoms with van der Waals surface area (Å²) in [5.41, 5.74) is 6.94. The molecular weight excluding hydrogens is 228 g/mol.